The summed E-state index contributed by atoms with van der Waals surface area (Å²) in [6.07, 6.45) is 0.166. The lowest BCUT2D eigenvalue weighted by atomic mass is 10.5. The van der Waals surface area contributed by atoms with Crippen LogP contribution in [0.5, 0.6) is 0 Å². The van der Waals surface area contributed by atoms with Gasteiger partial charge in [0.15, 0.2) is 6.61 Å². The first-order valence-corrected chi connectivity index (χ1v) is 3.63. The van der Waals surface area contributed by atoms with Gasteiger partial charge in [0.25, 0.3) is 5.97 Å². The van der Waals surface area contributed by atoms with E-state index < -0.39 is 24.5 Å². The molecular weight excluding hydrogens is 196 g/mol. The van der Waals surface area contributed by atoms with Gasteiger partial charge in [-0.1, -0.05) is 6.92 Å². The van der Waals surface area contributed by atoms with Gasteiger partial charge in [-0.15, -0.1) is 0 Å². The smallest absolute Gasteiger partial charge is 0.342 e. The molecular formula is C7H12O7. The normalized spacial score (nSPS) is 8.14. The van der Waals surface area contributed by atoms with Crippen LogP contribution in [0.1, 0.15) is 20.3 Å². The molecule has 82 valence electrons. The van der Waals surface area contributed by atoms with E-state index in [1.807, 2.05) is 0 Å². The number of carbonyl (C=O) groups excluding carboxylic acids is 1. The van der Waals surface area contributed by atoms with E-state index in [4.69, 9.17) is 15.0 Å². The summed E-state index contributed by atoms with van der Waals surface area (Å²) in [4.78, 5) is 37.0. The van der Waals surface area contributed by atoms with Crippen molar-refractivity contribution in [3.05, 3.63) is 0 Å². The van der Waals surface area contributed by atoms with Gasteiger partial charge < -0.3 is 10.2 Å². The third kappa shape index (κ3) is 22.4. The highest BCUT2D eigenvalue weighted by Crippen LogP contribution is 1.84. The molecule has 0 aromatic rings. The maximum atomic E-state index is 10.3. The van der Waals surface area contributed by atoms with E-state index >= 15 is 0 Å². The van der Waals surface area contributed by atoms with Crippen LogP contribution >= 0.6 is 0 Å². The van der Waals surface area contributed by atoms with E-state index in [1.165, 1.54) is 0 Å². The van der Waals surface area contributed by atoms with Crippen LogP contribution < -0.4 is 0 Å². The highest BCUT2D eigenvalue weighted by Gasteiger charge is 2.01. The number of rotatable bonds is 4. The van der Waals surface area contributed by atoms with E-state index in [-0.39, 0.29) is 6.42 Å². The lowest BCUT2D eigenvalue weighted by Crippen LogP contribution is -2.10. The average molecular weight is 208 g/mol. The van der Waals surface area contributed by atoms with Crippen molar-refractivity contribution < 1.29 is 34.4 Å². The zero-order chi connectivity index (χ0) is 11.6. The van der Waals surface area contributed by atoms with Crippen molar-refractivity contribution in [3.63, 3.8) is 0 Å². The fourth-order valence-corrected chi connectivity index (χ4v) is 0.205. The number of hydrogen-bond acceptors (Lipinski definition) is 5. The van der Waals surface area contributed by atoms with E-state index in [9.17, 15) is 9.59 Å². The number of carboxylic acid groups (broad SMARTS) is 2. The standard InChI is InChI=1S/C5H8O5.C2H4O2/c1-2-5(8)10-9-3-4(6)7;1-2(3)4/h2-3H2,1H3,(H,6,7);1H3,(H,3,4). The molecule has 0 aliphatic rings. The predicted molar refractivity (Wildman–Crippen MR) is 43.3 cm³/mol. The summed E-state index contributed by atoms with van der Waals surface area (Å²) < 4.78 is 0. The van der Waals surface area contributed by atoms with E-state index in [0.29, 0.717) is 0 Å². The van der Waals surface area contributed by atoms with Gasteiger partial charge in [0.1, 0.15) is 0 Å². The van der Waals surface area contributed by atoms with Gasteiger partial charge in [0.2, 0.25) is 0 Å². The fraction of sp³-hybridized carbons (Fsp3) is 0.571. The van der Waals surface area contributed by atoms with Gasteiger partial charge in [-0.3, -0.25) is 9.68 Å². The van der Waals surface area contributed by atoms with Crippen LogP contribution in [-0.2, 0) is 24.2 Å². The SMILES string of the molecule is CC(=O)O.CCC(=O)OOCC(=O)O. The second-order valence-electron chi connectivity index (χ2n) is 1.98. The zero-order valence-corrected chi connectivity index (χ0v) is 7.85. The van der Waals surface area contributed by atoms with Crippen molar-refractivity contribution in [1.82, 2.24) is 0 Å². The van der Waals surface area contributed by atoms with Crippen molar-refractivity contribution in [2.45, 2.75) is 20.3 Å². The summed E-state index contributed by atoms with van der Waals surface area (Å²) in [7, 11) is 0. The fourth-order valence-electron chi connectivity index (χ4n) is 0.205. The third-order valence-electron chi connectivity index (χ3n) is 0.623. The first-order chi connectivity index (χ1) is 6.40. The monoisotopic (exact) mass is 208 g/mol. The molecule has 0 spiro atoms. The molecule has 0 aromatic heterocycles. The van der Waals surface area contributed by atoms with Gasteiger partial charge in [-0.05, 0) is 0 Å². The minimum absolute atomic E-state index is 0.166. The molecule has 0 radical (unpaired) electrons. The highest BCUT2D eigenvalue weighted by molar-refractivity contribution is 5.69. The Hall–Kier alpha value is -1.63. The van der Waals surface area contributed by atoms with Crippen LogP contribution in [0.15, 0.2) is 0 Å². The number of carbonyl (C=O) groups is 3. The quantitative estimate of drug-likeness (QED) is 0.495. The van der Waals surface area contributed by atoms with Gasteiger partial charge in [0.05, 0.1) is 0 Å². The Morgan fingerprint density at radius 1 is 1.21 bits per heavy atom. The van der Waals surface area contributed by atoms with Crippen LogP contribution in [0.4, 0.5) is 0 Å². The number of hydrogen-bond donors (Lipinski definition) is 2. The molecule has 0 aromatic carbocycles. The first-order valence-electron chi connectivity index (χ1n) is 3.63. The third-order valence-corrected chi connectivity index (χ3v) is 0.623. The summed E-state index contributed by atoms with van der Waals surface area (Å²) in [5, 5.41) is 15.4. The summed E-state index contributed by atoms with van der Waals surface area (Å²) in [6, 6.07) is 0. The van der Waals surface area contributed by atoms with Gasteiger partial charge in [0, 0.05) is 13.3 Å². The van der Waals surface area contributed by atoms with Crippen molar-refractivity contribution >= 4 is 17.9 Å². The van der Waals surface area contributed by atoms with Crippen molar-refractivity contribution in [2.24, 2.45) is 0 Å². The zero-order valence-electron chi connectivity index (χ0n) is 7.85. The summed E-state index contributed by atoms with van der Waals surface area (Å²) in [6.45, 7) is 2.04. The largest absolute Gasteiger partial charge is 0.481 e. The first kappa shape index (κ1) is 14.9. The minimum atomic E-state index is -1.18. The second-order valence-corrected chi connectivity index (χ2v) is 1.98. The van der Waals surface area contributed by atoms with Gasteiger partial charge in [-0.2, -0.15) is 4.89 Å². The van der Waals surface area contributed by atoms with Gasteiger partial charge in [-0.25, -0.2) is 9.59 Å². The van der Waals surface area contributed by atoms with Crippen LogP contribution in [0.3, 0.4) is 0 Å². The molecule has 14 heavy (non-hydrogen) atoms. The molecule has 7 heteroatoms. The summed E-state index contributed by atoms with van der Waals surface area (Å²) >= 11 is 0. The van der Waals surface area contributed by atoms with Crippen LogP contribution in [-0.4, -0.2) is 34.7 Å². The Morgan fingerprint density at radius 3 is 1.93 bits per heavy atom. The van der Waals surface area contributed by atoms with E-state index in [2.05, 4.69) is 9.78 Å². The van der Waals surface area contributed by atoms with Crippen LogP contribution in [0.25, 0.3) is 0 Å². The topological polar surface area (TPSA) is 110 Å². The number of aliphatic carboxylic acids is 2. The van der Waals surface area contributed by atoms with Crippen molar-refractivity contribution in [1.29, 1.82) is 0 Å². The lowest BCUT2D eigenvalue weighted by molar-refractivity contribution is -0.270. The molecule has 0 aliphatic carbocycles. The predicted octanol–water partition coefficient (Wildman–Crippen LogP) is 0.0467. The Balaban J connectivity index is 0. The molecule has 0 saturated heterocycles. The molecule has 0 bridgehead atoms. The lowest BCUT2D eigenvalue weighted by Gasteiger charge is -1.96. The van der Waals surface area contributed by atoms with E-state index in [0.717, 1.165) is 6.92 Å². The number of carboxylic acids is 2. The molecule has 0 fully saturated rings. The van der Waals surface area contributed by atoms with Gasteiger partial charge >= 0.3 is 11.9 Å². The van der Waals surface area contributed by atoms with Crippen LogP contribution in [0.2, 0.25) is 0 Å². The molecule has 0 atom stereocenters. The molecule has 0 aliphatic heterocycles. The Bertz CT molecular complexity index is 194. The molecule has 0 heterocycles. The Labute approximate surface area is 80.2 Å². The summed E-state index contributed by atoms with van der Waals surface area (Å²) in [5.41, 5.74) is 0. The molecule has 0 unspecified atom stereocenters. The Morgan fingerprint density at radius 2 is 1.64 bits per heavy atom. The highest BCUT2D eigenvalue weighted by atomic mass is 17.2. The Kier molecular flexibility index (Phi) is 10.0. The second kappa shape index (κ2) is 9.46. The summed E-state index contributed by atoms with van der Waals surface area (Å²) in [5.74, 6) is -2.59. The maximum Gasteiger partial charge on any atom is 0.342 e. The maximum absolute atomic E-state index is 10.3. The van der Waals surface area contributed by atoms with Crippen LogP contribution in [0, 0.1) is 0 Å². The average Bonchev–Trinajstić information content (AvgIpc) is 2.02. The molecule has 0 rings (SSSR count). The van der Waals surface area contributed by atoms with E-state index in [1.54, 1.807) is 6.92 Å². The van der Waals surface area contributed by atoms with Crippen molar-refractivity contribution in [2.75, 3.05) is 6.61 Å². The molecule has 7 nitrogen and oxygen atoms in total. The molecule has 2 N–H and O–H groups in total. The van der Waals surface area contributed by atoms with Crippen molar-refractivity contribution in [3.8, 4) is 0 Å². The minimum Gasteiger partial charge on any atom is -0.481 e. The molecule has 0 amide bonds. The molecule has 0 saturated carbocycles.